The van der Waals surface area contributed by atoms with Gasteiger partial charge in [-0.25, -0.2) is 4.79 Å². The van der Waals surface area contributed by atoms with Crippen LogP contribution in [-0.2, 0) is 11.3 Å². The third-order valence-electron chi connectivity index (χ3n) is 4.70. The number of rotatable bonds is 7. The standard InChI is InChI=1S/C20H20N4O5/c25-17(14-10-16(21-11-14)19(26)23-7-1-2-8-23)13-28-20(27)18-5-4-15(29-18)12-24-9-3-6-22-24/h3-6,9-11,21H,1-2,7-8,12-13H2. The third kappa shape index (κ3) is 4.29. The van der Waals surface area contributed by atoms with Gasteiger partial charge in [-0.05, 0) is 37.1 Å². The summed E-state index contributed by atoms with van der Waals surface area (Å²) in [7, 11) is 0. The smallest absolute Gasteiger partial charge is 0.374 e. The van der Waals surface area contributed by atoms with Gasteiger partial charge in [0.05, 0.1) is 6.54 Å². The van der Waals surface area contributed by atoms with Crippen LogP contribution in [0.15, 0.2) is 47.3 Å². The zero-order valence-corrected chi connectivity index (χ0v) is 15.7. The SMILES string of the molecule is O=C(COC(=O)c1ccc(Cn2cccn2)o1)c1c[nH]c(C(=O)N2CCCC2)c1. The van der Waals surface area contributed by atoms with E-state index in [4.69, 9.17) is 9.15 Å². The Morgan fingerprint density at radius 1 is 1.21 bits per heavy atom. The Balaban J connectivity index is 1.31. The topological polar surface area (TPSA) is 110 Å². The van der Waals surface area contributed by atoms with Crippen molar-refractivity contribution in [1.82, 2.24) is 19.7 Å². The van der Waals surface area contributed by atoms with E-state index in [9.17, 15) is 14.4 Å². The molecule has 29 heavy (non-hydrogen) atoms. The summed E-state index contributed by atoms with van der Waals surface area (Å²) in [6.45, 7) is 1.40. The molecule has 9 heteroatoms. The van der Waals surface area contributed by atoms with E-state index in [1.165, 1.54) is 18.3 Å². The summed E-state index contributed by atoms with van der Waals surface area (Å²) in [5.74, 6) is -0.701. The van der Waals surface area contributed by atoms with Gasteiger partial charge in [0, 0.05) is 37.2 Å². The zero-order valence-electron chi connectivity index (χ0n) is 15.7. The zero-order chi connectivity index (χ0) is 20.2. The number of likely N-dealkylation sites (tertiary alicyclic amines) is 1. The number of H-pyrrole nitrogens is 1. The van der Waals surface area contributed by atoms with Crippen LogP contribution >= 0.6 is 0 Å². The summed E-state index contributed by atoms with van der Waals surface area (Å²) in [6.07, 6.45) is 6.86. The van der Waals surface area contributed by atoms with E-state index in [-0.39, 0.29) is 11.7 Å². The first-order valence-electron chi connectivity index (χ1n) is 9.34. The van der Waals surface area contributed by atoms with Crippen LogP contribution in [0.2, 0.25) is 0 Å². The van der Waals surface area contributed by atoms with Crippen LogP contribution in [0.4, 0.5) is 0 Å². The molecule has 3 aromatic heterocycles. The first-order chi connectivity index (χ1) is 14.1. The van der Waals surface area contributed by atoms with Crippen LogP contribution in [-0.4, -0.2) is 57.0 Å². The number of esters is 1. The van der Waals surface area contributed by atoms with Gasteiger partial charge in [-0.3, -0.25) is 14.3 Å². The number of hydrogen-bond acceptors (Lipinski definition) is 6. The van der Waals surface area contributed by atoms with Crippen molar-refractivity contribution in [2.45, 2.75) is 19.4 Å². The second-order valence-corrected chi connectivity index (χ2v) is 6.77. The Bertz CT molecular complexity index is 1010. The second-order valence-electron chi connectivity index (χ2n) is 6.77. The van der Waals surface area contributed by atoms with Crippen molar-refractivity contribution in [1.29, 1.82) is 0 Å². The van der Waals surface area contributed by atoms with E-state index in [0.29, 0.717) is 23.6 Å². The van der Waals surface area contributed by atoms with E-state index >= 15 is 0 Å². The van der Waals surface area contributed by atoms with Crippen molar-refractivity contribution in [3.8, 4) is 0 Å². The van der Waals surface area contributed by atoms with Gasteiger partial charge in [0.25, 0.3) is 5.91 Å². The molecule has 1 aliphatic rings. The Hall–Kier alpha value is -3.62. The summed E-state index contributed by atoms with van der Waals surface area (Å²) in [4.78, 5) is 41.3. The monoisotopic (exact) mass is 396 g/mol. The van der Waals surface area contributed by atoms with Gasteiger partial charge in [0.1, 0.15) is 11.5 Å². The molecule has 4 rings (SSSR count). The van der Waals surface area contributed by atoms with Crippen molar-refractivity contribution < 1.29 is 23.5 Å². The molecule has 0 aliphatic carbocycles. The highest BCUT2D eigenvalue weighted by molar-refractivity contribution is 6.01. The van der Waals surface area contributed by atoms with Crippen LogP contribution in [0, 0.1) is 0 Å². The average Bonchev–Trinajstić information content (AvgIpc) is 3.52. The maximum Gasteiger partial charge on any atom is 0.374 e. The Morgan fingerprint density at radius 2 is 2.03 bits per heavy atom. The number of carbonyl (C=O) groups excluding carboxylic acids is 3. The number of ketones is 1. The predicted octanol–water partition coefficient (Wildman–Crippen LogP) is 2.13. The molecule has 0 aromatic carbocycles. The largest absolute Gasteiger partial charge is 0.452 e. The van der Waals surface area contributed by atoms with Gasteiger partial charge >= 0.3 is 5.97 Å². The molecule has 150 valence electrons. The molecule has 0 atom stereocenters. The number of furan rings is 1. The molecule has 0 radical (unpaired) electrons. The quantitative estimate of drug-likeness (QED) is 0.484. The summed E-state index contributed by atoms with van der Waals surface area (Å²) < 4.78 is 12.2. The molecular formula is C20H20N4O5. The molecule has 1 amide bonds. The lowest BCUT2D eigenvalue weighted by molar-refractivity contribution is 0.0442. The molecule has 9 nitrogen and oxygen atoms in total. The molecule has 3 aromatic rings. The number of amides is 1. The Morgan fingerprint density at radius 3 is 2.79 bits per heavy atom. The third-order valence-corrected chi connectivity index (χ3v) is 4.70. The first kappa shape index (κ1) is 18.7. The van der Waals surface area contributed by atoms with Gasteiger partial charge in [-0.15, -0.1) is 0 Å². The molecule has 1 N–H and O–H groups in total. The summed E-state index contributed by atoms with van der Waals surface area (Å²) in [6, 6.07) is 6.43. The van der Waals surface area contributed by atoms with Crippen molar-refractivity contribution in [3.63, 3.8) is 0 Å². The summed E-state index contributed by atoms with van der Waals surface area (Å²) in [5, 5.41) is 4.06. The van der Waals surface area contributed by atoms with E-state index < -0.39 is 18.4 Å². The Labute approximate surface area is 166 Å². The molecule has 0 bridgehead atoms. The van der Waals surface area contributed by atoms with Crippen LogP contribution in [0.1, 0.15) is 50.0 Å². The number of aromatic amines is 1. The fraction of sp³-hybridized carbons (Fsp3) is 0.300. The average molecular weight is 396 g/mol. The number of nitrogens with zero attached hydrogens (tertiary/aromatic N) is 3. The number of hydrogen-bond donors (Lipinski definition) is 1. The van der Waals surface area contributed by atoms with E-state index in [1.807, 2.05) is 0 Å². The molecule has 1 saturated heterocycles. The van der Waals surface area contributed by atoms with Gasteiger partial charge in [-0.2, -0.15) is 5.10 Å². The van der Waals surface area contributed by atoms with Crippen LogP contribution in [0.5, 0.6) is 0 Å². The van der Waals surface area contributed by atoms with Gasteiger partial charge < -0.3 is 19.0 Å². The van der Waals surface area contributed by atoms with E-state index in [1.54, 1.807) is 34.1 Å². The summed E-state index contributed by atoms with van der Waals surface area (Å²) >= 11 is 0. The maximum atomic E-state index is 12.3. The molecule has 0 unspecified atom stereocenters. The number of carbonyl (C=O) groups is 3. The van der Waals surface area contributed by atoms with Crippen LogP contribution < -0.4 is 0 Å². The highest BCUT2D eigenvalue weighted by atomic mass is 16.5. The minimum Gasteiger partial charge on any atom is -0.452 e. The lowest BCUT2D eigenvalue weighted by Crippen LogP contribution is -2.27. The highest BCUT2D eigenvalue weighted by Crippen LogP contribution is 2.14. The normalized spacial score (nSPS) is 13.6. The van der Waals surface area contributed by atoms with Crippen molar-refractivity contribution in [3.05, 3.63) is 65.6 Å². The Kier molecular flexibility index (Phi) is 5.28. The minimum atomic E-state index is -0.728. The lowest BCUT2D eigenvalue weighted by Gasteiger charge is -2.13. The fourth-order valence-electron chi connectivity index (χ4n) is 3.18. The van der Waals surface area contributed by atoms with E-state index in [0.717, 1.165) is 25.9 Å². The van der Waals surface area contributed by atoms with Gasteiger partial charge in [0.2, 0.25) is 11.5 Å². The molecule has 1 aliphatic heterocycles. The predicted molar refractivity (Wildman–Crippen MR) is 101 cm³/mol. The fourth-order valence-corrected chi connectivity index (χ4v) is 3.18. The molecule has 0 saturated carbocycles. The van der Waals surface area contributed by atoms with Crippen LogP contribution in [0.3, 0.4) is 0 Å². The van der Waals surface area contributed by atoms with Gasteiger partial charge in [-0.1, -0.05) is 0 Å². The molecular weight excluding hydrogens is 376 g/mol. The second kappa shape index (κ2) is 8.17. The number of Topliss-reactive ketones (excluding diaryl/α,β-unsaturated/α-hetero) is 1. The summed E-state index contributed by atoms with van der Waals surface area (Å²) in [5.41, 5.74) is 0.648. The van der Waals surface area contributed by atoms with E-state index in [2.05, 4.69) is 10.1 Å². The number of nitrogens with one attached hydrogen (secondary N) is 1. The minimum absolute atomic E-state index is 0.0129. The van der Waals surface area contributed by atoms with Crippen molar-refractivity contribution in [2.24, 2.45) is 0 Å². The molecule has 1 fully saturated rings. The molecule has 4 heterocycles. The maximum absolute atomic E-state index is 12.3. The first-order valence-corrected chi connectivity index (χ1v) is 9.34. The molecule has 0 spiro atoms. The van der Waals surface area contributed by atoms with Gasteiger partial charge in [0.15, 0.2) is 6.61 Å². The van der Waals surface area contributed by atoms with Crippen molar-refractivity contribution >= 4 is 17.7 Å². The highest BCUT2D eigenvalue weighted by Gasteiger charge is 2.22. The number of ether oxygens (including phenoxy) is 1. The van der Waals surface area contributed by atoms with Crippen LogP contribution in [0.25, 0.3) is 0 Å². The number of aromatic nitrogens is 3. The van der Waals surface area contributed by atoms with Crippen molar-refractivity contribution in [2.75, 3.05) is 19.7 Å². The lowest BCUT2D eigenvalue weighted by atomic mass is 10.2.